The summed E-state index contributed by atoms with van der Waals surface area (Å²) in [5, 5.41) is 13.2. The smallest absolute Gasteiger partial charge is 0.397 e. The maximum Gasteiger partial charge on any atom is 0.397 e. The van der Waals surface area contributed by atoms with E-state index < -0.39 is 11.9 Å². The lowest BCUT2D eigenvalue weighted by Gasteiger charge is -2.10. The third-order valence-electron chi connectivity index (χ3n) is 2.49. The van der Waals surface area contributed by atoms with Gasteiger partial charge in [-0.1, -0.05) is 0 Å². The average molecular weight is 291 g/mol. The second-order valence-electron chi connectivity index (χ2n) is 3.82. The van der Waals surface area contributed by atoms with Crippen LogP contribution in [-0.4, -0.2) is 45.8 Å². The maximum atomic E-state index is 11.6. The Kier molecular flexibility index (Phi) is 4.44. The normalized spacial score (nSPS) is 10.0. The van der Waals surface area contributed by atoms with Crippen LogP contribution in [0, 0.1) is 0 Å². The standard InChI is InChI=1S/C12H13N5O4/c1-3-21-12(19)11(18)14-8-4-5-10(20-2)9(6-8)17-7-13-15-16-17/h4-7H,3H2,1-2H3,(H,14,18). The number of carbonyl (C=O) groups excluding carboxylic acids is 2. The summed E-state index contributed by atoms with van der Waals surface area (Å²) in [4.78, 5) is 22.9. The molecule has 2 rings (SSSR count). The van der Waals surface area contributed by atoms with Gasteiger partial charge >= 0.3 is 11.9 Å². The lowest BCUT2D eigenvalue weighted by molar-refractivity contribution is -0.152. The van der Waals surface area contributed by atoms with Gasteiger partial charge in [0.1, 0.15) is 17.8 Å². The number of nitrogens with one attached hydrogen (secondary N) is 1. The van der Waals surface area contributed by atoms with Crippen molar-refractivity contribution in [2.75, 3.05) is 19.0 Å². The van der Waals surface area contributed by atoms with Crippen LogP contribution in [0.15, 0.2) is 24.5 Å². The summed E-state index contributed by atoms with van der Waals surface area (Å²) in [5.41, 5.74) is 0.906. The van der Waals surface area contributed by atoms with Crippen molar-refractivity contribution in [2.24, 2.45) is 0 Å². The molecule has 110 valence electrons. The molecule has 1 heterocycles. The number of esters is 1. The summed E-state index contributed by atoms with van der Waals surface area (Å²) in [6.07, 6.45) is 1.38. The number of amides is 1. The monoisotopic (exact) mass is 291 g/mol. The first-order chi connectivity index (χ1) is 10.2. The number of hydrogen-bond donors (Lipinski definition) is 1. The highest BCUT2D eigenvalue weighted by atomic mass is 16.5. The highest BCUT2D eigenvalue weighted by Gasteiger charge is 2.16. The summed E-state index contributed by atoms with van der Waals surface area (Å²) in [7, 11) is 1.50. The van der Waals surface area contributed by atoms with E-state index in [1.54, 1.807) is 25.1 Å². The van der Waals surface area contributed by atoms with E-state index in [9.17, 15) is 9.59 Å². The Morgan fingerprint density at radius 2 is 2.19 bits per heavy atom. The minimum Gasteiger partial charge on any atom is -0.494 e. The second-order valence-corrected chi connectivity index (χ2v) is 3.82. The van der Waals surface area contributed by atoms with Gasteiger partial charge in [-0.25, -0.2) is 4.79 Å². The molecule has 1 amide bonds. The van der Waals surface area contributed by atoms with E-state index in [0.717, 1.165) is 0 Å². The molecule has 0 fully saturated rings. The van der Waals surface area contributed by atoms with Gasteiger partial charge < -0.3 is 14.8 Å². The first-order valence-corrected chi connectivity index (χ1v) is 6.05. The third-order valence-corrected chi connectivity index (χ3v) is 2.49. The number of rotatable bonds is 4. The number of methoxy groups -OCH3 is 1. The number of tetrazole rings is 1. The summed E-state index contributed by atoms with van der Waals surface area (Å²) >= 11 is 0. The molecule has 0 aliphatic carbocycles. The van der Waals surface area contributed by atoms with Crippen LogP contribution in [0.1, 0.15) is 6.92 Å². The largest absolute Gasteiger partial charge is 0.494 e. The van der Waals surface area contributed by atoms with Gasteiger partial charge in [0.05, 0.1) is 13.7 Å². The van der Waals surface area contributed by atoms with Crippen molar-refractivity contribution < 1.29 is 19.1 Å². The Bertz CT molecular complexity index is 641. The van der Waals surface area contributed by atoms with E-state index in [1.165, 1.54) is 18.1 Å². The minimum atomic E-state index is -0.947. The average Bonchev–Trinajstić information content (AvgIpc) is 3.01. The van der Waals surface area contributed by atoms with Crippen LogP contribution in [0.5, 0.6) is 5.75 Å². The maximum absolute atomic E-state index is 11.6. The van der Waals surface area contributed by atoms with Crippen molar-refractivity contribution in [2.45, 2.75) is 6.92 Å². The number of ether oxygens (including phenoxy) is 2. The van der Waals surface area contributed by atoms with Crippen molar-refractivity contribution in [3.05, 3.63) is 24.5 Å². The molecule has 0 aliphatic heterocycles. The third kappa shape index (κ3) is 3.32. The molecule has 9 heteroatoms. The van der Waals surface area contributed by atoms with Gasteiger partial charge in [-0.15, -0.1) is 5.10 Å². The zero-order valence-corrected chi connectivity index (χ0v) is 11.4. The van der Waals surface area contributed by atoms with Crippen molar-refractivity contribution in [1.29, 1.82) is 0 Å². The number of nitrogens with zero attached hydrogens (tertiary/aromatic N) is 4. The Morgan fingerprint density at radius 1 is 1.38 bits per heavy atom. The van der Waals surface area contributed by atoms with Crippen LogP contribution in [0.4, 0.5) is 5.69 Å². The Hall–Kier alpha value is -2.97. The molecule has 0 saturated carbocycles. The first-order valence-electron chi connectivity index (χ1n) is 6.05. The number of hydrogen-bond acceptors (Lipinski definition) is 7. The van der Waals surface area contributed by atoms with Gasteiger partial charge in [-0.3, -0.25) is 4.79 Å². The van der Waals surface area contributed by atoms with Gasteiger partial charge in [-0.05, 0) is 35.5 Å². The number of benzene rings is 1. The van der Waals surface area contributed by atoms with E-state index in [4.69, 9.17) is 4.74 Å². The lowest BCUT2D eigenvalue weighted by Crippen LogP contribution is -2.25. The molecule has 0 radical (unpaired) electrons. The Labute approximate surface area is 119 Å². The number of anilines is 1. The molecular weight excluding hydrogens is 278 g/mol. The van der Waals surface area contributed by atoms with Crippen LogP contribution in [0.2, 0.25) is 0 Å². The molecular formula is C12H13N5O4. The van der Waals surface area contributed by atoms with Crippen molar-refractivity contribution in [1.82, 2.24) is 20.2 Å². The molecule has 0 saturated heterocycles. The lowest BCUT2D eigenvalue weighted by atomic mass is 10.2. The molecule has 9 nitrogen and oxygen atoms in total. The summed E-state index contributed by atoms with van der Waals surface area (Å²) in [6, 6.07) is 4.79. The van der Waals surface area contributed by atoms with E-state index in [0.29, 0.717) is 17.1 Å². The van der Waals surface area contributed by atoms with Gasteiger partial charge in [0, 0.05) is 5.69 Å². The summed E-state index contributed by atoms with van der Waals surface area (Å²) in [6.45, 7) is 1.75. The second kappa shape index (κ2) is 6.46. The molecule has 1 N–H and O–H groups in total. The molecule has 21 heavy (non-hydrogen) atoms. The fourth-order valence-electron chi connectivity index (χ4n) is 1.60. The molecule has 0 unspecified atom stereocenters. The van der Waals surface area contributed by atoms with Crippen LogP contribution in [0.25, 0.3) is 5.69 Å². The SMILES string of the molecule is CCOC(=O)C(=O)Nc1ccc(OC)c(-n2cnnn2)c1. The minimum absolute atomic E-state index is 0.130. The number of aromatic nitrogens is 4. The summed E-state index contributed by atoms with van der Waals surface area (Å²) < 4.78 is 11.2. The van der Waals surface area contributed by atoms with Crippen LogP contribution < -0.4 is 10.1 Å². The zero-order valence-electron chi connectivity index (χ0n) is 11.4. The quantitative estimate of drug-likeness (QED) is 0.632. The van der Waals surface area contributed by atoms with Crippen LogP contribution in [0.3, 0.4) is 0 Å². The fraction of sp³-hybridized carbons (Fsp3) is 0.250. The highest BCUT2D eigenvalue weighted by molar-refractivity contribution is 6.37. The zero-order chi connectivity index (χ0) is 15.2. The highest BCUT2D eigenvalue weighted by Crippen LogP contribution is 2.25. The van der Waals surface area contributed by atoms with Gasteiger partial charge in [0.15, 0.2) is 0 Å². The topological polar surface area (TPSA) is 108 Å². The van der Waals surface area contributed by atoms with Crippen molar-refractivity contribution >= 4 is 17.6 Å². The van der Waals surface area contributed by atoms with Crippen molar-refractivity contribution in [3.8, 4) is 11.4 Å². The van der Waals surface area contributed by atoms with Crippen LogP contribution in [-0.2, 0) is 14.3 Å². The van der Waals surface area contributed by atoms with Crippen LogP contribution >= 0.6 is 0 Å². The van der Waals surface area contributed by atoms with Crippen molar-refractivity contribution in [3.63, 3.8) is 0 Å². The van der Waals surface area contributed by atoms with E-state index >= 15 is 0 Å². The Balaban J connectivity index is 2.24. The summed E-state index contributed by atoms with van der Waals surface area (Å²) in [5.74, 6) is -1.29. The molecule has 0 aliphatic rings. The van der Waals surface area contributed by atoms with Gasteiger partial charge in [-0.2, -0.15) is 4.68 Å². The molecule has 0 atom stereocenters. The molecule has 2 aromatic rings. The van der Waals surface area contributed by atoms with E-state index in [1.807, 2.05) is 0 Å². The first kappa shape index (κ1) is 14.4. The van der Waals surface area contributed by atoms with E-state index in [-0.39, 0.29) is 6.61 Å². The van der Waals surface area contributed by atoms with Gasteiger partial charge in [0.2, 0.25) is 0 Å². The predicted molar refractivity (Wildman–Crippen MR) is 71.0 cm³/mol. The molecule has 0 bridgehead atoms. The number of carbonyl (C=O) groups is 2. The van der Waals surface area contributed by atoms with Gasteiger partial charge in [0.25, 0.3) is 0 Å². The molecule has 1 aromatic heterocycles. The Morgan fingerprint density at radius 3 is 2.81 bits per heavy atom. The molecule has 1 aromatic carbocycles. The predicted octanol–water partition coefficient (Wildman–Crippen LogP) is 0.172. The van der Waals surface area contributed by atoms with E-state index in [2.05, 4.69) is 25.6 Å². The fourth-order valence-corrected chi connectivity index (χ4v) is 1.60. The molecule has 0 spiro atoms.